The van der Waals surface area contributed by atoms with E-state index >= 15 is 0 Å². The maximum atomic E-state index is 14.6. The molecule has 2 aliphatic rings. The average Bonchev–Trinajstić information content (AvgIpc) is 0.909. The van der Waals surface area contributed by atoms with Gasteiger partial charge >= 0.3 is 24.4 Å². The molecule has 84 heavy (non-hydrogen) atoms. The zero-order valence-corrected chi connectivity index (χ0v) is 47.6. The molecule has 19 nitrogen and oxygen atoms in total. The number of allylic oxidation sites excluding steroid dienone is 2. The molecule has 0 radical (unpaired) electrons. The lowest BCUT2D eigenvalue weighted by molar-refractivity contribution is -0.138. The third-order valence-electron chi connectivity index (χ3n) is 14.0. The second-order valence-corrected chi connectivity index (χ2v) is 20.7. The quantitative estimate of drug-likeness (QED) is 0.0414. The summed E-state index contributed by atoms with van der Waals surface area (Å²) in [4.78, 5) is 95.2. The number of carbonyl (C=O) groups excluding carboxylic acids is 6. The minimum absolute atomic E-state index is 0.000747. The fourth-order valence-corrected chi connectivity index (χ4v) is 9.69. The second kappa shape index (κ2) is 28.5. The van der Waals surface area contributed by atoms with Crippen molar-refractivity contribution in [2.45, 2.75) is 51.1 Å². The average molecular weight is 1170 g/mol. The second-order valence-electron chi connectivity index (χ2n) is 20.7. The van der Waals surface area contributed by atoms with Gasteiger partial charge in [0, 0.05) is 50.7 Å². The van der Waals surface area contributed by atoms with Gasteiger partial charge in [0.25, 0.3) is 11.8 Å². The molecule has 0 bridgehead atoms. The largest absolute Gasteiger partial charge is 0.416 e. The van der Waals surface area contributed by atoms with Crippen LogP contribution in [0.25, 0.3) is 0 Å². The summed E-state index contributed by atoms with van der Waals surface area (Å²) in [6.07, 6.45) is -8.85. The van der Waals surface area contributed by atoms with Gasteiger partial charge in [-0.2, -0.15) is 36.9 Å². The zero-order valence-electron chi connectivity index (χ0n) is 47.6. The smallest absolute Gasteiger partial charge is 0.353 e. The molecule has 4 N–H and O–H groups in total. The van der Waals surface area contributed by atoms with Crippen molar-refractivity contribution in [1.29, 1.82) is 10.5 Å². The number of halogens is 6. The summed E-state index contributed by atoms with van der Waals surface area (Å²) < 4.78 is 84.4. The molecule has 2 atom stereocenters. The standard InChI is InChI=1S/C59H67F6N13O6/c1-38-50(52(42-20-16-40(34-66)17-21-42)75(36-48(79)68-26-30-72(3)4)56(83)77(38)46-14-8-12-44(32-46)58(60,61)62)54(81)70-24-10-28-74(7)29-11-25-71-55(82)51-39(2)78(47-15-9-13-45(33-47)59(63,64)65)57(84)76(37-49(80)69-27-31-73(5)6)53(51)43-22-18-41(35-67)19-23-43/h8-9,12-23,32-33,52-53H,10-11,24-31,36-37H2,1-7H3,(H,68,79)(H,69,80)(H,70,81)(H,71,82)/t52-,53-/m1/s1. The Morgan fingerprint density at radius 3 is 1.20 bits per heavy atom. The molecular weight excluding hydrogens is 1100 g/mol. The van der Waals surface area contributed by atoms with E-state index in [-0.39, 0.29) is 71.2 Å². The van der Waals surface area contributed by atoms with E-state index in [1.807, 2.05) is 26.8 Å². The molecule has 4 aromatic rings. The number of likely N-dealkylation sites (N-methyl/N-ethyl adjacent to an activating group) is 2. The first-order chi connectivity index (χ1) is 39.7. The van der Waals surface area contributed by atoms with E-state index < -0.39 is 84.3 Å². The van der Waals surface area contributed by atoms with Crippen molar-refractivity contribution >= 4 is 47.1 Å². The van der Waals surface area contributed by atoms with E-state index in [1.165, 1.54) is 74.5 Å². The molecule has 4 aromatic carbocycles. The van der Waals surface area contributed by atoms with Gasteiger partial charge < -0.3 is 45.8 Å². The molecule has 2 heterocycles. The molecule has 0 unspecified atom stereocenters. The van der Waals surface area contributed by atoms with Gasteiger partial charge in [-0.1, -0.05) is 36.4 Å². The number of nitrogens with zero attached hydrogens (tertiary/aromatic N) is 9. The molecule has 2 aliphatic heterocycles. The summed E-state index contributed by atoms with van der Waals surface area (Å²) in [5.74, 6) is -2.56. The molecule has 446 valence electrons. The van der Waals surface area contributed by atoms with Gasteiger partial charge in [0.1, 0.15) is 13.1 Å². The zero-order chi connectivity index (χ0) is 61.6. The third kappa shape index (κ3) is 16.3. The molecule has 8 amide bonds. The Bertz CT molecular complexity index is 3000. The van der Waals surface area contributed by atoms with Crippen LogP contribution in [0, 0.1) is 22.7 Å². The summed E-state index contributed by atoms with van der Waals surface area (Å²) >= 11 is 0. The van der Waals surface area contributed by atoms with Gasteiger partial charge in [-0.3, -0.25) is 29.0 Å². The van der Waals surface area contributed by atoms with Crippen LogP contribution in [0.3, 0.4) is 0 Å². The summed E-state index contributed by atoms with van der Waals surface area (Å²) in [5, 5.41) is 30.4. The number of nitrogens with one attached hydrogen (secondary N) is 4. The molecule has 25 heteroatoms. The van der Waals surface area contributed by atoms with E-state index in [9.17, 15) is 65.6 Å². The molecule has 0 aromatic heterocycles. The molecular formula is C59H67F6N13O6. The van der Waals surface area contributed by atoms with Gasteiger partial charge in [0.05, 0.1) is 69.0 Å². The molecule has 0 spiro atoms. The van der Waals surface area contributed by atoms with E-state index in [0.717, 1.165) is 56.0 Å². The van der Waals surface area contributed by atoms with Crippen LogP contribution in [-0.4, -0.2) is 161 Å². The Kier molecular flexibility index (Phi) is 21.8. The maximum absolute atomic E-state index is 14.6. The number of amides is 8. The van der Waals surface area contributed by atoms with Gasteiger partial charge in [0.2, 0.25) is 11.8 Å². The van der Waals surface area contributed by atoms with E-state index in [4.69, 9.17) is 0 Å². The van der Waals surface area contributed by atoms with Crippen molar-refractivity contribution in [2.75, 3.05) is 110 Å². The first kappa shape index (κ1) is 64.4. The van der Waals surface area contributed by atoms with Crippen molar-refractivity contribution in [3.8, 4) is 12.1 Å². The van der Waals surface area contributed by atoms with Gasteiger partial charge in [-0.25, -0.2) is 9.59 Å². The SMILES string of the molecule is CC1=C(C(=O)NCCCN(C)CCCNC(=O)C2=C(C)N(c3cccc(C(F)(F)F)c3)C(=O)N(CC(=O)NCCN(C)C)[C@@H]2c2ccc(C#N)cc2)[C@@H](c2ccc(C#N)cc2)N(CC(=O)NCCN(C)C)C(=O)N1c1cccc(C(F)(F)F)c1. The van der Waals surface area contributed by atoms with Crippen LogP contribution in [0.15, 0.2) is 120 Å². The number of rotatable bonds is 24. The number of hydrogen-bond donors (Lipinski definition) is 4. The van der Waals surface area contributed by atoms with Crippen LogP contribution in [0.2, 0.25) is 0 Å². The molecule has 0 saturated carbocycles. The first-order valence-corrected chi connectivity index (χ1v) is 26.8. The van der Waals surface area contributed by atoms with E-state index in [0.29, 0.717) is 50.1 Å². The third-order valence-corrected chi connectivity index (χ3v) is 14.0. The van der Waals surface area contributed by atoms with Gasteiger partial charge in [0.15, 0.2) is 0 Å². The Balaban J connectivity index is 1.20. The molecule has 0 aliphatic carbocycles. The maximum Gasteiger partial charge on any atom is 0.416 e. The van der Waals surface area contributed by atoms with Gasteiger partial charge in [-0.05, 0) is 147 Å². The summed E-state index contributed by atoms with van der Waals surface area (Å²) in [5.41, 5.74) is -1.35. The van der Waals surface area contributed by atoms with Crippen molar-refractivity contribution in [3.63, 3.8) is 0 Å². The number of urea groups is 2. The lowest BCUT2D eigenvalue weighted by Crippen LogP contribution is -2.54. The van der Waals surface area contributed by atoms with Crippen molar-refractivity contribution < 1.29 is 55.1 Å². The van der Waals surface area contributed by atoms with Crippen molar-refractivity contribution in [2.24, 2.45) is 0 Å². The number of anilines is 2. The number of alkyl halides is 6. The van der Waals surface area contributed by atoms with Crippen molar-refractivity contribution in [3.05, 3.63) is 153 Å². The number of benzene rings is 4. The lowest BCUT2D eigenvalue weighted by Gasteiger charge is -2.43. The molecule has 0 fully saturated rings. The lowest BCUT2D eigenvalue weighted by atomic mass is 9.91. The van der Waals surface area contributed by atoms with Crippen LogP contribution < -0.4 is 31.1 Å². The van der Waals surface area contributed by atoms with Crippen LogP contribution in [0.5, 0.6) is 0 Å². The molecule has 6 rings (SSSR count). The number of carbonyl (C=O) groups is 6. The van der Waals surface area contributed by atoms with Crippen LogP contribution in [-0.2, 0) is 31.5 Å². The predicted molar refractivity (Wildman–Crippen MR) is 301 cm³/mol. The van der Waals surface area contributed by atoms with Crippen LogP contribution in [0.4, 0.5) is 47.3 Å². The summed E-state index contributed by atoms with van der Waals surface area (Å²) in [6.45, 7) is 3.90. The highest BCUT2D eigenvalue weighted by Crippen LogP contribution is 2.43. The highest BCUT2D eigenvalue weighted by molar-refractivity contribution is 6.07. The minimum Gasteiger partial charge on any atom is -0.353 e. The predicted octanol–water partition coefficient (Wildman–Crippen LogP) is 6.98. The molecule has 0 saturated heterocycles. The monoisotopic (exact) mass is 1170 g/mol. The topological polar surface area (TPSA) is 221 Å². The Hall–Kier alpha value is -8.78. The first-order valence-electron chi connectivity index (χ1n) is 26.8. The fourth-order valence-electron chi connectivity index (χ4n) is 9.69. The van der Waals surface area contributed by atoms with Crippen LogP contribution in [0.1, 0.15) is 72.2 Å². The highest BCUT2D eigenvalue weighted by Gasteiger charge is 2.46. The van der Waals surface area contributed by atoms with Gasteiger partial charge in [-0.15, -0.1) is 0 Å². The van der Waals surface area contributed by atoms with Crippen molar-refractivity contribution in [1.82, 2.24) is 45.8 Å². The fraction of sp³-hybridized carbons (Fsp3) is 0.390. The number of hydrogen-bond acceptors (Lipinski definition) is 11. The Morgan fingerprint density at radius 2 is 0.881 bits per heavy atom. The summed E-state index contributed by atoms with van der Waals surface area (Å²) in [7, 11) is 9.00. The Morgan fingerprint density at radius 1 is 0.524 bits per heavy atom. The normalized spacial score (nSPS) is 15.9. The van der Waals surface area contributed by atoms with E-state index in [1.54, 1.807) is 35.2 Å². The minimum atomic E-state index is -4.78. The summed E-state index contributed by atoms with van der Waals surface area (Å²) in [6, 6.07) is 20.0. The highest BCUT2D eigenvalue weighted by atomic mass is 19.4. The Labute approximate surface area is 483 Å². The van der Waals surface area contributed by atoms with E-state index in [2.05, 4.69) is 21.3 Å². The van der Waals surface area contributed by atoms with Crippen LogP contribution >= 0.6 is 0 Å². The number of nitriles is 2.